The molecule has 0 fully saturated rings. The number of fused-ring (bicyclic) bond motifs is 5. The predicted octanol–water partition coefficient (Wildman–Crippen LogP) is 4.61. The van der Waals surface area contributed by atoms with Crippen LogP contribution in [0.15, 0.2) is 30.8 Å². The van der Waals surface area contributed by atoms with Gasteiger partial charge in [-0.1, -0.05) is 12.6 Å². The van der Waals surface area contributed by atoms with Crippen molar-refractivity contribution in [2.75, 3.05) is 20.6 Å². The van der Waals surface area contributed by atoms with Crippen molar-refractivity contribution in [2.45, 2.75) is 32.7 Å². The lowest BCUT2D eigenvalue weighted by Gasteiger charge is -2.12. The zero-order valence-electron chi connectivity index (χ0n) is 16.3. The number of carbonyl (C=O) groups excluding carboxylic acids is 1. The minimum atomic E-state index is -0.111. The summed E-state index contributed by atoms with van der Waals surface area (Å²) >= 11 is 0. The van der Waals surface area contributed by atoms with Gasteiger partial charge in [-0.15, -0.1) is 0 Å². The number of benzene rings is 2. The van der Waals surface area contributed by atoms with E-state index in [1.165, 1.54) is 34.5 Å². The first kappa shape index (κ1) is 17.8. The molecule has 0 bridgehead atoms. The molecule has 2 aromatic carbocycles. The average Bonchev–Trinajstić information content (AvgIpc) is 3.12. The van der Waals surface area contributed by atoms with Crippen molar-refractivity contribution in [3.05, 3.63) is 47.5 Å². The van der Waals surface area contributed by atoms with E-state index in [9.17, 15) is 9.90 Å². The van der Waals surface area contributed by atoms with Crippen LogP contribution >= 0.6 is 0 Å². The van der Waals surface area contributed by atoms with Gasteiger partial charge in [0.05, 0.1) is 11.1 Å². The van der Waals surface area contributed by atoms with Crippen molar-refractivity contribution < 1.29 is 9.90 Å². The number of aromatic hydroxyl groups is 1. The largest absolute Gasteiger partial charge is 0.507 e. The maximum Gasteiger partial charge on any atom is 0.163 e. The lowest BCUT2D eigenvalue weighted by Crippen LogP contribution is -2.15. The van der Waals surface area contributed by atoms with Gasteiger partial charge in [0.25, 0.3) is 0 Å². The second kappa shape index (κ2) is 6.54. The number of phenolic OH excluding ortho intramolecular Hbond substituents is 1. The number of nitrogens with zero attached hydrogens (tertiary/aromatic N) is 2. The average molecular weight is 362 g/mol. The van der Waals surface area contributed by atoms with Crippen molar-refractivity contribution >= 4 is 33.2 Å². The predicted molar refractivity (Wildman–Crippen MR) is 112 cm³/mol. The monoisotopic (exact) mass is 362 g/mol. The number of carbonyl (C=O) groups is 1. The quantitative estimate of drug-likeness (QED) is 0.674. The van der Waals surface area contributed by atoms with Crippen molar-refractivity contribution in [3.63, 3.8) is 0 Å². The van der Waals surface area contributed by atoms with E-state index in [-0.39, 0.29) is 11.5 Å². The van der Waals surface area contributed by atoms with Gasteiger partial charge in [0.15, 0.2) is 5.78 Å². The van der Waals surface area contributed by atoms with Crippen LogP contribution in [0.25, 0.3) is 27.4 Å². The Kier molecular flexibility index (Phi) is 4.31. The van der Waals surface area contributed by atoms with Crippen molar-refractivity contribution in [2.24, 2.45) is 0 Å². The van der Waals surface area contributed by atoms with Crippen LogP contribution in [-0.4, -0.2) is 41.0 Å². The number of rotatable bonds is 5. The highest BCUT2D eigenvalue weighted by Gasteiger charge is 2.23. The second-order valence-electron chi connectivity index (χ2n) is 7.84. The first-order chi connectivity index (χ1) is 12.9. The Morgan fingerprint density at radius 3 is 2.70 bits per heavy atom. The third-order valence-corrected chi connectivity index (χ3v) is 5.68. The highest BCUT2D eigenvalue weighted by atomic mass is 16.3. The maximum absolute atomic E-state index is 12.0. The maximum atomic E-state index is 12.0. The van der Waals surface area contributed by atoms with E-state index in [4.69, 9.17) is 0 Å². The fraction of sp³-hybridized carbons (Fsp3) is 0.348. The van der Waals surface area contributed by atoms with Crippen LogP contribution in [0.5, 0.6) is 5.75 Å². The normalized spacial score (nSPS) is 13.9. The molecule has 3 aromatic rings. The molecule has 1 aliphatic carbocycles. The molecular weight excluding hydrogens is 336 g/mol. The van der Waals surface area contributed by atoms with Gasteiger partial charge < -0.3 is 14.6 Å². The molecule has 0 aliphatic heterocycles. The van der Waals surface area contributed by atoms with Gasteiger partial charge in [-0.25, -0.2) is 0 Å². The molecular formula is C23H26N2O2. The number of Topliss-reactive ketones (excluding diaryl/α,β-unsaturated/α-hetero) is 1. The molecule has 0 saturated heterocycles. The van der Waals surface area contributed by atoms with Crippen molar-refractivity contribution in [1.82, 2.24) is 9.47 Å². The van der Waals surface area contributed by atoms with E-state index >= 15 is 0 Å². The minimum absolute atomic E-state index is 0.0627. The molecule has 0 unspecified atom stereocenters. The molecule has 0 spiro atoms. The Morgan fingerprint density at radius 1 is 1.22 bits per heavy atom. The fourth-order valence-electron chi connectivity index (χ4n) is 4.36. The minimum Gasteiger partial charge on any atom is -0.507 e. The molecule has 0 saturated carbocycles. The highest BCUT2D eigenvalue weighted by Crippen LogP contribution is 2.42. The topological polar surface area (TPSA) is 45.5 Å². The summed E-state index contributed by atoms with van der Waals surface area (Å²) in [6.45, 7) is 7.59. The first-order valence-electron chi connectivity index (χ1n) is 9.53. The van der Waals surface area contributed by atoms with Gasteiger partial charge in [0.2, 0.25) is 0 Å². The Hall–Kier alpha value is -2.59. The van der Waals surface area contributed by atoms with Crippen LogP contribution < -0.4 is 0 Å². The van der Waals surface area contributed by atoms with Crippen LogP contribution in [0.1, 0.15) is 41.3 Å². The van der Waals surface area contributed by atoms with Crippen LogP contribution in [0.2, 0.25) is 0 Å². The molecule has 0 amide bonds. The van der Waals surface area contributed by atoms with E-state index in [0.29, 0.717) is 5.56 Å². The molecule has 0 radical (unpaired) electrons. The molecule has 27 heavy (non-hydrogen) atoms. The first-order valence-corrected chi connectivity index (χ1v) is 9.53. The summed E-state index contributed by atoms with van der Waals surface area (Å²) in [5.41, 5.74) is 6.33. The van der Waals surface area contributed by atoms with Gasteiger partial charge in [-0.05, 0) is 75.7 Å². The zero-order chi connectivity index (χ0) is 19.3. The SMILES string of the molecule is C=C1CCc2c1ccc1c2c2cc(C(C)=O)c(O)cc2n1CCCN(C)C. The van der Waals surface area contributed by atoms with Crippen LogP contribution in [0, 0.1) is 0 Å². The van der Waals surface area contributed by atoms with Gasteiger partial charge in [-0.2, -0.15) is 0 Å². The van der Waals surface area contributed by atoms with Gasteiger partial charge in [0.1, 0.15) is 5.75 Å². The van der Waals surface area contributed by atoms with E-state index in [0.717, 1.165) is 43.3 Å². The van der Waals surface area contributed by atoms with Crippen LogP contribution in [0.3, 0.4) is 0 Å². The Balaban J connectivity index is 2.01. The molecule has 1 heterocycles. The lowest BCUT2D eigenvalue weighted by atomic mass is 10.00. The smallest absolute Gasteiger partial charge is 0.163 e. The molecule has 4 heteroatoms. The Labute approximate surface area is 159 Å². The second-order valence-corrected chi connectivity index (χ2v) is 7.84. The highest BCUT2D eigenvalue weighted by molar-refractivity contribution is 6.14. The third-order valence-electron chi connectivity index (χ3n) is 5.68. The summed E-state index contributed by atoms with van der Waals surface area (Å²) in [6, 6.07) is 7.99. The van der Waals surface area contributed by atoms with E-state index in [2.05, 4.69) is 42.3 Å². The van der Waals surface area contributed by atoms with E-state index in [1.54, 1.807) is 6.07 Å². The summed E-state index contributed by atoms with van der Waals surface area (Å²) < 4.78 is 2.29. The van der Waals surface area contributed by atoms with Gasteiger partial charge >= 0.3 is 0 Å². The van der Waals surface area contributed by atoms with Crippen molar-refractivity contribution in [3.8, 4) is 5.75 Å². The number of phenols is 1. The molecule has 1 aliphatic rings. The number of ketones is 1. The summed E-state index contributed by atoms with van der Waals surface area (Å²) in [6.07, 6.45) is 2.99. The lowest BCUT2D eigenvalue weighted by molar-refractivity contribution is 0.101. The molecule has 1 aromatic heterocycles. The molecule has 1 N–H and O–H groups in total. The molecule has 4 rings (SSSR count). The van der Waals surface area contributed by atoms with E-state index < -0.39 is 0 Å². The Bertz CT molecular complexity index is 1090. The molecule has 0 atom stereocenters. The number of hydrogen-bond donors (Lipinski definition) is 1. The van der Waals surface area contributed by atoms with Crippen LogP contribution in [0.4, 0.5) is 0 Å². The standard InChI is InChI=1S/C23H26N2O2/c1-14-6-7-17-16(14)8-9-20-23(17)19-12-18(15(2)26)22(27)13-21(19)25(20)11-5-10-24(3)4/h8-9,12-13,27H,1,5-7,10-11H2,2-4H3. The summed E-state index contributed by atoms with van der Waals surface area (Å²) in [5, 5.41) is 12.7. The molecule has 140 valence electrons. The summed E-state index contributed by atoms with van der Waals surface area (Å²) in [7, 11) is 4.16. The number of aromatic nitrogens is 1. The zero-order valence-corrected chi connectivity index (χ0v) is 16.3. The third kappa shape index (κ3) is 2.85. The molecule has 4 nitrogen and oxygen atoms in total. The Morgan fingerprint density at radius 2 is 2.00 bits per heavy atom. The van der Waals surface area contributed by atoms with Crippen LogP contribution in [-0.2, 0) is 13.0 Å². The van der Waals surface area contributed by atoms with E-state index in [1.807, 2.05) is 6.07 Å². The van der Waals surface area contributed by atoms with Gasteiger partial charge in [-0.3, -0.25) is 4.79 Å². The number of hydrogen-bond acceptors (Lipinski definition) is 3. The summed E-state index contributed by atoms with van der Waals surface area (Å²) in [4.78, 5) is 14.2. The van der Waals surface area contributed by atoms with Gasteiger partial charge in [0, 0.05) is 28.9 Å². The number of allylic oxidation sites excluding steroid dienone is 1. The fourth-order valence-corrected chi connectivity index (χ4v) is 4.36. The summed E-state index contributed by atoms with van der Waals surface area (Å²) in [5.74, 6) is -0.0485. The van der Waals surface area contributed by atoms with Crippen molar-refractivity contribution in [1.29, 1.82) is 0 Å². The number of aryl methyl sites for hydroxylation is 2.